The predicted molar refractivity (Wildman–Crippen MR) is 80.0 cm³/mol. The van der Waals surface area contributed by atoms with Crippen molar-refractivity contribution in [3.63, 3.8) is 0 Å². The summed E-state index contributed by atoms with van der Waals surface area (Å²) in [5.74, 6) is -1.46. The fourth-order valence-corrected chi connectivity index (χ4v) is 2.95. The van der Waals surface area contributed by atoms with Crippen LogP contribution in [-0.2, 0) is 26.1 Å². The Labute approximate surface area is 139 Å². The number of hydrogen-bond acceptors (Lipinski definition) is 8. The largest absolute Gasteiger partial charge is 0.420 e. The first kappa shape index (κ1) is 16.0. The van der Waals surface area contributed by atoms with Crippen molar-refractivity contribution >= 4 is 29.4 Å². The molecule has 0 aliphatic carbocycles. The molecular formula is C14H11N3O6S. The van der Waals surface area contributed by atoms with Gasteiger partial charge in [0.1, 0.15) is 6.42 Å². The van der Waals surface area contributed by atoms with E-state index in [1.165, 1.54) is 18.2 Å². The lowest BCUT2D eigenvalue weighted by atomic mass is 10.2. The zero-order valence-electron chi connectivity index (χ0n) is 12.4. The predicted octanol–water partition coefficient (Wildman–Crippen LogP) is 1.97. The molecule has 0 radical (unpaired) electrons. The van der Waals surface area contributed by atoms with Gasteiger partial charge in [-0.05, 0) is 23.9 Å². The van der Waals surface area contributed by atoms with Gasteiger partial charge in [-0.1, -0.05) is 0 Å². The second kappa shape index (κ2) is 6.32. The number of nitrogens with zero attached hydrogens (tertiary/aromatic N) is 3. The Hall–Kier alpha value is -2.88. The summed E-state index contributed by atoms with van der Waals surface area (Å²) in [6, 6.07) is 4.24. The Bertz CT molecular complexity index is 818. The van der Waals surface area contributed by atoms with Crippen LogP contribution in [0.25, 0.3) is 0 Å². The van der Waals surface area contributed by atoms with Gasteiger partial charge < -0.3 is 14.0 Å². The molecule has 1 aromatic heterocycles. The number of esters is 2. The molecule has 0 bridgehead atoms. The van der Waals surface area contributed by atoms with Gasteiger partial charge in [-0.25, -0.2) is 4.98 Å². The molecule has 0 unspecified atom stereocenters. The summed E-state index contributed by atoms with van der Waals surface area (Å²) in [5, 5.41) is 11.9. The van der Waals surface area contributed by atoms with Crippen LogP contribution in [0.1, 0.15) is 18.3 Å². The molecule has 24 heavy (non-hydrogen) atoms. The van der Waals surface area contributed by atoms with Gasteiger partial charge in [0, 0.05) is 31.1 Å². The number of carbonyl (C=O) groups excluding carboxylic acids is 2. The van der Waals surface area contributed by atoms with Crippen LogP contribution < -0.4 is 0 Å². The van der Waals surface area contributed by atoms with Crippen molar-refractivity contribution in [3.05, 3.63) is 46.3 Å². The average Bonchev–Trinajstić information content (AvgIpc) is 2.91. The second-order valence-electron chi connectivity index (χ2n) is 4.90. The number of carbonyl (C=O) groups is 2. The number of benzene rings is 1. The first-order valence-electron chi connectivity index (χ1n) is 6.76. The normalized spacial score (nSPS) is 15.0. The van der Waals surface area contributed by atoms with E-state index in [0.717, 1.165) is 11.8 Å². The first-order valence-corrected chi connectivity index (χ1v) is 7.58. The molecule has 0 saturated carbocycles. The van der Waals surface area contributed by atoms with Gasteiger partial charge in [-0.3, -0.25) is 19.7 Å². The monoisotopic (exact) mass is 349 g/mol. The second-order valence-corrected chi connectivity index (χ2v) is 5.90. The van der Waals surface area contributed by atoms with E-state index in [9.17, 15) is 19.7 Å². The molecule has 0 amide bonds. The van der Waals surface area contributed by atoms with Gasteiger partial charge in [-0.15, -0.1) is 0 Å². The number of nitro groups is 1. The Morgan fingerprint density at radius 1 is 1.33 bits per heavy atom. The number of aromatic nitrogens is 2. The van der Waals surface area contributed by atoms with Crippen molar-refractivity contribution in [2.24, 2.45) is 7.05 Å². The highest BCUT2D eigenvalue weighted by Crippen LogP contribution is 2.36. The van der Waals surface area contributed by atoms with Crippen molar-refractivity contribution in [1.29, 1.82) is 0 Å². The average molecular weight is 349 g/mol. The van der Waals surface area contributed by atoms with E-state index in [4.69, 9.17) is 9.47 Å². The molecule has 1 saturated heterocycles. The lowest BCUT2D eigenvalue weighted by Gasteiger charge is -2.22. The number of cyclic esters (lactones) is 2. The Kier molecular flexibility index (Phi) is 4.21. The summed E-state index contributed by atoms with van der Waals surface area (Å²) < 4.78 is 11.6. The SMILES string of the molecule is Cn1ccnc1Sc1ccc(C2OC(=O)CC(=O)O2)cc1[N+](=O)[O-]. The fraction of sp³-hybridized carbons (Fsp3) is 0.214. The summed E-state index contributed by atoms with van der Waals surface area (Å²) in [6.45, 7) is 0. The van der Waals surface area contributed by atoms with Gasteiger partial charge in [0.2, 0.25) is 0 Å². The maximum atomic E-state index is 11.3. The number of ether oxygens (including phenoxy) is 2. The zero-order chi connectivity index (χ0) is 17.3. The minimum absolute atomic E-state index is 0.196. The molecule has 124 valence electrons. The first-order chi connectivity index (χ1) is 11.4. The Balaban J connectivity index is 1.92. The Morgan fingerprint density at radius 2 is 2.04 bits per heavy atom. The van der Waals surface area contributed by atoms with Gasteiger partial charge >= 0.3 is 11.9 Å². The highest BCUT2D eigenvalue weighted by Gasteiger charge is 2.31. The lowest BCUT2D eigenvalue weighted by molar-refractivity contribution is -0.387. The summed E-state index contributed by atoms with van der Waals surface area (Å²) in [6.07, 6.45) is 1.57. The van der Waals surface area contributed by atoms with Crippen molar-refractivity contribution in [2.45, 2.75) is 22.8 Å². The zero-order valence-corrected chi connectivity index (χ0v) is 13.2. The van der Waals surface area contributed by atoms with Crippen LogP contribution in [-0.4, -0.2) is 26.4 Å². The van der Waals surface area contributed by atoms with Gasteiger partial charge in [0.15, 0.2) is 5.16 Å². The van der Waals surface area contributed by atoms with E-state index in [-0.39, 0.29) is 11.3 Å². The highest BCUT2D eigenvalue weighted by molar-refractivity contribution is 7.99. The number of imidazole rings is 1. The van der Waals surface area contributed by atoms with Crippen LogP contribution in [0.2, 0.25) is 0 Å². The molecule has 2 aromatic rings. The fourth-order valence-electron chi connectivity index (χ4n) is 2.06. The van der Waals surface area contributed by atoms with E-state index < -0.39 is 29.6 Å². The number of rotatable bonds is 4. The number of aryl methyl sites for hydroxylation is 1. The lowest BCUT2D eigenvalue weighted by Crippen LogP contribution is -2.26. The van der Waals surface area contributed by atoms with E-state index in [1.807, 2.05) is 0 Å². The van der Waals surface area contributed by atoms with Gasteiger partial charge in [0.25, 0.3) is 12.0 Å². The van der Waals surface area contributed by atoms with Crippen LogP contribution in [0.3, 0.4) is 0 Å². The summed E-state index contributed by atoms with van der Waals surface area (Å²) in [7, 11) is 1.77. The minimum Gasteiger partial charge on any atom is -0.420 e. The molecule has 9 nitrogen and oxygen atoms in total. The van der Waals surface area contributed by atoms with Gasteiger partial charge in [-0.2, -0.15) is 0 Å². The Morgan fingerprint density at radius 3 is 2.62 bits per heavy atom. The van der Waals surface area contributed by atoms with Crippen LogP contribution in [0.5, 0.6) is 0 Å². The molecule has 2 heterocycles. The smallest absolute Gasteiger partial charge is 0.320 e. The highest BCUT2D eigenvalue weighted by atomic mass is 32.2. The molecule has 1 aliphatic rings. The van der Waals surface area contributed by atoms with E-state index in [1.54, 1.807) is 24.0 Å². The third kappa shape index (κ3) is 3.23. The molecule has 1 aromatic carbocycles. The van der Waals surface area contributed by atoms with Crippen molar-refractivity contribution < 1.29 is 24.0 Å². The van der Waals surface area contributed by atoms with E-state index in [0.29, 0.717) is 10.1 Å². The summed E-state index contributed by atoms with van der Waals surface area (Å²) in [5.41, 5.74) is 0.0189. The molecule has 3 rings (SSSR count). The number of hydrogen-bond donors (Lipinski definition) is 0. The van der Waals surface area contributed by atoms with Crippen molar-refractivity contribution in [2.75, 3.05) is 0 Å². The minimum atomic E-state index is -1.27. The molecule has 10 heteroatoms. The summed E-state index contributed by atoms with van der Waals surface area (Å²) in [4.78, 5) is 37.9. The van der Waals surface area contributed by atoms with Crippen LogP contribution in [0.4, 0.5) is 5.69 Å². The van der Waals surface area contributed by atoms with Crippen molar-refractivity contribution in [3.8, 4) is 0 Å². The van der Waals surface area contributed by atoms with Gasteiger partial charge in [0.05, 0.1) is 9.82 Å². The molecule has 0 atom stereocenters. The molecule has 0 N–H and O–H groups in total. The van der Waals surface area contributed by atoms with Crippen LogP contribution >= 0.6 is 11.8 Å². The van der Waals surface area contributed by atoms with Crippen LogP contribution in [0.15, 0.2) is 40.6 Å². The molecule has 0 spiro atoms. The topological polar surface area (TPSA) is 114 Å². The third-order valence-electron chi connectivity index (χ3n) is 3.20. The van der Waals surface area contributed by atoms with E-state index in [2.05, 4.69) is 4.98 Å². The molecule has 1 aliphatic heterocycles. The number of nitro benzene ring substituents is 1. The molecule has 1 fully saturated rings. The summed E-state index contributed by atoms with van der Waals surface area (Å²) >= 11 is 1.13. The van der Waals surface area contributed by atoms with Crippen molar-refractivity contribution in [1.82, 2.24) is 9.55 Å². The standard InChI is InChI=1S/C14H11N3O6S/c1-16-5-4-15-14(16)24-10-3-2-8(6-9(10)17(20)21)13-22-11(18)7-12(19)23-13/h2-6,13H,7H2,1H3. The quantitative estimate of drug-likeness (QED) is 0.356. The third-order valence-corrected chi connectivity index (χ3v) is 4.34. The molecular weight excluding hydrogens is 338 g/mol. The van der Waals surface area contributed by atoms with E-state index >= 15 is 0 Å². The maximum absolute atomic E-state index is 11.3. The van der Waals surface area contributed by atoms with Crippen LogP contribution in [0, 0.1) is 10.1 Å². The maximum Gasteiger partial charge on any atom is 0.320 e.